The molecule has 16 aliphatic heterocycles. The van der Waals surface area contributed by atoms with E-state index in [0.29, 0.717) is 80.3 Å². The minimum atomic E-state index is -1.30. The molecule has 19 heteroatoms. The molecular weight excluding hydrogens is 1020 g/mol. The minimum absolute atomic E-state index is 0.0230. The van der Waals surface area contributed by atoms with Crippen molar-refractivity contribution in [3.8, 4) is 0 Å². The summed E-state index contributed by atoms with van der Waals surface area (Å²) in [7, 11) is 0. The molecule has 0 aromatic carbocycles. The quantitative estimate of drug-likeness (QED) is 0.368. The van der Waals surface area contributed by atoms with E-state index in [1.807, 2.05) is 37.3 Å². The maximum absolute atomic E-state index is 14.6. The predicted octanol–water partition coefficient (Wildman–Crippen LogP) is 3.34. The second kappa shape index (κ2) is 18.1. The third-order valence-electron chi connectivity index (χ3n) is 20.9. The van der Waals surface area contributed by atoms with Crippen LogP contribution in [0.25, 0.3) is 18.7 Å². The Balaban J connectivity index is 0.686. The number of esters is 1. The highest BCUT2D eigenvalue weighted by atomic mass is 16.8. The van der Waals surface area contributed by atoms with Gasteiger partial charge in [0.1, 0.15) is 65.3 Å². The van der Waals surface area contributed by atoms with Crippen molar-refractivity contribution in [3.05, 3.63) is 63.7 Å². The normalized spacial score (nSPS) is 54.3. The van der Waals surface area contributed by atoms with Gasteiger partial charge in [0.05, 0.1) is 98.5 Å². The fourth-order valence-electron chi connectivity index (χ4n) is 17.5. The molecule has 0 aliphatic carbocycles. The summed E-state index contributed by atoms with van der Waals surface area (Å²) in [6, 6.07) is 1.92. The van der Waals surface area contributed by atoms with Crippen molar-refractivity contribution >= 4 is 24.7 Å². The number of ether oxygens (including phenoxy) is 14. The van der Waals surface area contributed by atoms with Gasteiger partial charge in [-0.3, -0.25) is 4.79 Å². The second-order valence-corrected chi connectivity index (χ2v) is 26.4. The lowest BCUT2D eigenvalue weighted by atomic mass is 9.73. The number of aliphatic hydroxyl groups excluding tert-OH is 3. The van der Waals surface area contributed by atoms with Crippen LogP contribution in [0.1, 0.15) is 111 Å². The van der Waals surface area contributed by atoms with E-state index in [9.17, 15) is 20.1 Å². The number of hydrogen-bond donors (Lipinski definition) is 3. The molecule has 19 nitrogen and oxygen atoms in total. The first-order valence-electron chi connectivity index (χ1n) is 29.4. The Morgan fingerprint density at radius 1 is 0.658 bits per heavy atom. The van der Waals surface area contributed by atoms with E-state index >= 15 is 0 Å². The molecule has 428 valence electrons. The zero-order valence-electron chi connectivity index (χ0n) is 45.2. The number of hydrogen-bond acceptors (Lipinski definition) is 19. The Bertz CT molecular complexity index is 2900. The molecule has 28 atom stereocenters. The maximum atomic E-state index is 14.6. The summed E-state index contributed by atoms with van der Waals surface area (Å²) in [6.45, 7) is 17.1. The molecule has 3 spiro atoms. The average molecular weight is 1100 g/mol. The zero-order chi connectivity index (χ0) is 53.8. The molecule has 0 saturated carbocycles. The Labute approximate surface area is 458 Å². The lowest BCUT2D eigenvalue weighted by Gasteiger charge is -2.54. The van der Waals surface area contributed by atoms with Gasteiger partial charge in [-0.2, -0.15) is 0 Å². The van der Waals surface area contributed by atoms with Gasteiger partial charge in [-0.05, 0) is 73.1 Å². The Kier molecular flexibility index (Phi) is 11.7. The molecule has 14 saturated heterocycles. The Morgan fingerprint density at radius 2 is 1.39 bits per heavy atom. The SMILES string of the molecule is C=C1C2=C/C3=C\C=c4/oc(cc4=C)C=C2[C@@]24CC5O[C@H]6C(O[C@H]7CCC(CC(=O)OC8[C@@H](C)C9OC%10C[C@]%11(C[C@@H]%12O[C@@]%13(CC(C)[C@@H]%12O%11)C[C@H](C)[C@@H]%11O[C@H](C(O)CC(O)CO)C[C@@H]%11O%13)OC%10CC9O[C@@]8(C)CC1O3)OC7[C@@H]6O2)[C@@H]5O4. The van der Waals surface area contributed by atoms with Gasteiger partial charge in [0.15, 0.2) is 17.4 Å². The van der Waals surface area contributed by atoms with Crippen LogP contribution in [-0.4, -0.2) is 179 Å². The molecule has 0 radical (unpaired) electrons. The van der Waals surface area contributed by atoms with Crippen molar-refractivity contribution in [1.82, 2.24) is 0 Å². The fraction of sp³-hybridized carbons (Fsp3) is 0.750. The topological polar surface area (TPSA) is 220 Å². The van der Waals surface area contributed by atoms with Gasteiger partial charge in [0, 0.05) is 74.5 Å². The molecule has 14 fully saturated rings. The summed E-state index contributed by atoms with van der Waals surface area (Å²) >= 11 is 0. The maximum Gasteiger partial charge on any atom is 0.308 e. The van der Waals surface area contributed by atoms with Crippen LogP contribution >= 0.6 is 0 Å². The predicted molar refractivity (Wildman–Crippen MR) is 272 cm³/mol. The third kappa shape index (κ3) is 8.02. The fourth-order valence-corrected chi connectivity index (χ4v) is 17.5. The molecule has 0 amide bonds. The van der Waals surface area contributed by atoms with Gasteiger partial charge in [-0.15, -0.1) is 0 Å². The lowest BCUT2D eigenvalue weighted by Crippen LogP contribution is -2.65. The van der Waals surface area contributed by atoms with Crippen molar-refractivity contribution in [2.75, 3.05) is 6.61 Å². The highest BCUT2D eigenvalue weighted by molar-refractivity contribution is 5.70. The van der Waals surface area contributed by atoms with E-state index in [4.69, 9.17) is 77.3 Å². The first-order chi connectivity index (χ1) is 37.9. The van der Waals surface area contributed by atoms with E-state index < -0.39 is 103 Å². The molecule has 16 aliphatic rings. The van der Waals surface area contributed by atoms with Crippen molar-refractivity contribution in [3.63, 3.8) is 0 Å². The molecule has 79 heavy (non-hydrogen) atoms. The van der Waals surface area contributed by atoms with E-state index in [-0.39, 0.29) is 98.1 Å². The highest BCUT2D eigenvalue weighted by Gasteiger charge is 2.71. The number of allylic oxidation sites excluding steroid dienone is 2. The van der Waals surface area contributed by atoms with Crippen LogP contribution in [-0.2, 0) is 71.1 Å². The number of rotatable bonds is 4. The number of carbonyl (C=O) groups is 1. The molecule has 13 unspecified atom stereocenters. The van der Waals surface area contributed by atoms with Crippen LogP contribution in [0.2, 0.25) is 0 Å². The third-order valence-corrected chi connectivity index (χ3v) is 20.9. The van der Waals surface area contributed by atoms with Crippen LogP contribution in [0.3, 0.4) is 0 Å². The molecule has 13 bridgehead atoms. The van der Waals surface area contributed by atoms with Crippen molar-refractivity contribution in [1.29, 1.82) is 0 Å². The first kappa shape index (κ1) is 51.3. The van der Waals surface area contributed by atoms with Gasteiger partial charge < -0.3 is 86.1 Å². The summed E-state index contributed by atoms with van der Waals surface area (Å²) in [5, 5.41) is 31.1. The van der Waals surface area contributed by atoms with Gasteiger partial charge in [-0.25, -0.2) is 0 Å². The van der Waals surface area contributed by atoms with Gasteiger partial charge >= 0.3 is 5.97 Å². The second-order valence-electron chi connectivity index (χ2n) is 26.4. The van der Waals surface area contributed by atoms with Gasteiger partial charge in [0.2, 0.25) is 0 Å². The number of aliphatic hydroxyl groups is 3. The Hall–Kier alpha value is -3.35. The van der Waals surface area contributed by atoms with Crippen molar-refractivity contribution < 1.29 is 90.8 Å². The number of furan rings is 1. The van der Waals surface area contributed by atoms with Gasteiger partial charge in [0.25, 0.3) is 0 Å². The monoisotopic (exact) mass is 1100 g/mol. The van der Waals surface area contributed by atoms with Crippen molar-refractivity contribution in [2.24, 2.45) is 17.8 Å². The Morgan fingerprint density at radius 3 is 2.24 bits per heavy atom. The number of carbonyl (C=O) groups excluding carboxylic acids is 1. The lowest BCUT2D eigenvalue weighted by molar-refractivity contribution is -0.347. The summed E-state index contributed by atoms with van der Waals surface area (Å²) in [6.07, 6.45) is 3.16. The van der Waals surface area contributed by atoms with E-state index in [0.717, 1.165) is 16.4 Å². The summed E-state index contributed by atoms with van der Waals surface area (Å²) in [5.74, 6) is -2.53. The first-order valence-corrected chi connectivity index (χ1v) is 29.4. The smallest absolute Gasteiger partial charge is 0.308 e. The molecule has 1 aromatic heterocycles. The average Bonchev–Trinajstić information content (AvgIpc) is 4.42. The van der Waals surface area contributed by atoms with Crippen LogP contribution < -0.4 is 10.6 Å². The summed E-state index contributed by atoms with van der Waals surface area (Å²) in [4.78, 5) is 14.6. The van der Waals surface area contributed by atoms with E-state index in [1.54, 1.807) is 0 Å². The van der Waals surface area contributed by atoms with E-state index in [2.05, 4.69) is 27.4 Å². The summed E-state index contributed by atoms with van der Waals surface area (Å²) < 4.78 is 104. The zero-order valence-corrected chi connectivity index (χ0v) is 45.2. The van der Waals surface area contributed by atoms with Gasteiger partial charge in [-0.1, -0.05) is 33.9 Å². The number of fused-ring (bicyclic) bond motifs is 10. The van der Waals surface area contributed by atoms with Crippen LogP contribution in [0.5, 0.6) is 0 Å². The summed E-state index contributed by atoms with van der Waals surface area (Å²) in [5.41, 5.74) is 1.66. The van der Waals surface area contributed by atoms with Crippen molar-refractivity contribution in [2.45, 2.75) is 256 Å². The minimum Gasteiger partial charge on any atom is -0.486 e. The highest BCUT2D eigenvalue weighted by Crippen LogP contribution is 2.60. The van der Waals surface area contributed by atoms with Crippen LogP contribution in [0.4, 0.5) is 0 Å². The molecule has 17 heterocycles. The van der Waals surface area contributed by atoms with Crippen LogP contribution in [0.15, 0.2) is 51.7 Å². The van der Waals surface area contributed by atoms with Crippen LogP contribution in [0, 0.1) is 17.8 Å². The molecule has 17 rings (SSSR count). The largest absolute Gasteiger partial charge is 0.486 e. The molecule has 1 aromatic rings. The standard InChI is InChI=1S/C60H74O19/c1-25-11-33-14-35-34-13-31(7-9-37(25)66-33)65-43(28(34)4)20-57(6)56(72-47(64)15-32-8-10-38-51(67-32)55-54-53(68-38)52-45(71-54)23-60(35,78-52)79-55)29(5)50-42(73-57)17-40-44(70-50)21-59(74-40)22-46-49(77-59)27(3)19-58(76-46)18-26(2)48-41(75-58)16-39(69-48)36(63)12-30(62)24-61/h7,9,11,13-14,26-27,29-30,32,36,38-46,48-56,61-63H,1,4,8,10,12,15-24H2,2-3,5-6H3/b31-7+,35-14?,37-9-/t26-,27?,29-,30?,32?,36?,38-,39-,40?,41-,42?,43?,44?,45?,46-,48-,49-,50?,51?,52+,53?,54-,55-,56?,57-,58+,59-,60+/m0/s1. The van der Waals surface area contributed by atoms with E-state index in [1.165, 1.54) is 0 Å². The molecule has 3 N–H and O–H groups in total. The molecular formula is C60H74O19.